The minimum absolute atomic E-state index is 0.810. The van der Waals surface area contributed by atoms with Crippen molar-refractivity contribution in [1.82, 2.24) is 4.98 Å². The van der Waals surface area contributed by atoms with Crippen LogP contribution in [0.3, 0.4) is 0 Å². The molecule has 0 atom stereocenters. The van der Waals surface area contributed by atoms with Gasteiger partial charge in [0, 0.05) is 17.4 Å². The minimum Gasteiger partial charge on any atom is -0.496 e. The summed E-state index contributed by atoms with van der Waals surface area (Å²) in [4.78, 5) is 4.36. The minimum atomic E-state index is 0.810. The van der Waals surface area contributed by atoms with Gasteiger partial charge in [0.05, 0.1) is 7.11 Å². The predicted molar refractivity (Wildman–Crippen MR) is 85.9 cm³/mol. The summed E-state index contributed by atoms with van der Waals surface area (Å²) in [5.74, 6) is 1.67. The number of hydrogen-bond donors (Lipinski definition) is 1. The average molecular weight is 276 g/mol. The lowest BCUT2D eigenvalue weighted by molar-refractivity contribution is 0.416. The quantitative estimate of drug-likeness (QED) is 0.761. The van der Waals surface area contributed by atoms with Crippen molar-refractivity contribution in [3.63, 3.8) is 0 Å². The van der Waals surface area contributed by atoms with Gasteiger partial charge in [0.2, 0.25) is 0 Å². The normalized spacial score (nSPS) is 10.1. The molecule has 0 aliphatic rings. The maximum absolute atomic E-state index is 5.42. The van der Waals surface area contributed by atoms with Crippen LogP contribution in [0, 0.1) is 0 Å². The maximum atomic E-state index is 5.42. The molecule has 0 amide bonds. The zero-order chi connectivity index (χ0) is 14.5. The molecule has 0 saturated heterocycles. The number of nitrogens with one attached hydrogen (secondary N) is 1. The van der Waals surface area contributed by atoms with Gasteiger partial charge in [0.25, 0.3) is 0 Å². The van der Waals surface area contributed by atoms with Crippen LogP contribution in [0.5, 0.6) is 5.75 Å². The van der Waals surface area contributed by atoms with Crippen LogP contribution in [0.25, 0.3) is 11.1 Å². The Bertz CT molecular complexity index is 726. The van der Waals surface area contributed by atoms with Crippen molar-refractivity contribution in [2.75, 3.05) is 12.4 Å². The van der Waals surface area contributed by atoms with Crippen LogP contribution in [0.2, 0.25) is 0 Å². The number of para-hydroxylation sites is 2. The summed E-state index contributed by atoms with van der Waals surface area (Å²) in [6.45, 7) is 0. The summed E-state index contributed by atoms with van der Waals surface area (Å²) >= 11 is 0. The highest BCUT2D eigenvalue weighted by Crippen LogP contribution is 2.30. The van der Waals surface area contributed by atoms with Crippen LogP contribution in [0.1, 0.15) is 0 Å². The van der Waals surface area contributed by atoms with Gasteiger partial charge >= 0.3 is 0 Å². The fourth-order valence-electron chi connectivity index (χ4n) is 2.22. The molecular weight excluding hydrogens is 260 g/mol. The van der Waals surface area contributed by atoms with Crippen molar-refractivity contribution >= 4 is 11.5 Å². The van der Waals surface area contributed by atoms with Crippen molar-refractivity contribution in [3.05, 3.63) is 72.9 Å². The molecule has 0 unspecified atom stereocenters. The van der Waals surface area contributed by atoms with E-state index in [9.17, 15) is 0 Å². The lowest BCUT2D eigenvalue weighted by Crippen LogP contribution is -1.94. The zero-order valence-electron chi connectivity index (χ0n) is 11.8. The molecule has 0 saturated carbocycles. The van der Waals surface area contributed by atoms with Gasteiger partial charge in [-0.2, -0.15) is 0 Å². The van der Waals surface area contributed by atoms with E-state index < -0.39 is 0 Å². The largest absolute Gasteiger partial charge is 0.496 e. The first-order valence-corrected chi connectivity index (χ1v) is 6.78. The second-order valence-electron chi connectivity index (χ2n) is 4.62. The monoisotopic (exact) mass is 276 g/mol. The number of rotatable bonds is 4. The Morgan fingerprint density at radius 2 is 1.67 bits per heavy atom. The number of anilines is 2. The van der Waals surface area contributed by atoms with Crippen molar-refractivity contribution in [1.29, 1.82) is 0 Å². The summed E-state index contributed by atoms with van der Waals surface area (Å²) in [6, 6.07) is 22.0. The summed E-state index contributed by atoms with van der Waals surface area (Å²) in [7, 11) is 1.68. The topological polar surface area (TPSA) is 34.1 Å². The number of benzene rings is 2. The maximum Gasteiger partial charge on any atom is 0.130 e. The first-order valence-electron chi connectivity index (χ1n) is 6.78. The molecule has 3 rings (SSSR count). The van der Waals surface area contributed by atoms with E-state index in [2.05, 4.69) is 10.3 Å². The standard InChI is InChI=1S/C18H16N2O/c1-21-17-10-6-5-9-16(17)14-11-12-19-18(13-14)20-15-7-3-2-4-8-15/h2-13H,1H3,(H,19,20). The van der Waals surface area contributed by atoms with E-state index in [0.717, 1.165) is 28.4 Å². The smallest absolute Gasteiger partial charge is 0.130 e. The van der Waals surface area contributed by atoms with E-state index in [1.807, 2.05) is 66.7 Å². The summed E-state index contributed by atoms with van der Waals surface area (Å²) in [5, 5.41) is 3.30. The third kappa shape index (κ3) is 3.03. The lowest BCUT2D eigenvalue weighted by atomic mass is 10.1. The first-order chi connectivity index (χ1) is 10.4. The van der Waals surface area contributed by atoms with Gasteiger partial charge in [-0.25, -0.2) is 4.98 Å². The second kappa shape index (κ2) is 6.09. The van der Waals surface area contributed by atoms with Crippen LogP contribution in [0.4, 0.5) is 11.5 Å². The van der Waals surface area contributed by atoms with Crippen LogP contribution in [-0.2, 0) is 0 Å². The molecule has 1 N–H and O–H groups in total. The van der Waals surface area contributed by atoms with Crippen LogP contribution >= 0.6 is 0 Å². The highest BCUT2D eigenvalue weighted by Gasteiger charge is 2.06. The number of aromatic nitrogens is 1. The van der Waals surface area contributed by atoms with Gasteiger partial charge in [0.1, 0.15) is 11.6 Å². The predicted octanol–water partition coefficient (Wildman–Crippen LogP) is 4.50. The van der Waals surface area contributed by atoms with E-state index in [1.165, 1.54) is 0 Å². The Morgan fingerprint density at radius 3 is 2.48 bits per heavy atom. The Balaban J connectivity index is 1.93. The van der Waals surface area contributed by atoms with Gasteiger partial charge in [0.15, 0.2) is 0 Å². The Kier molecular flexibility index (Phi) is 3.83. The molecule has 104 valence electrons. The number of ether oxygens (including phenoxy) is 1. The van der Waals surface area contributed by atoms with Crippen LogP contribution in [0.15, 0.2) is 72.9 Å². The molecule has 3 nitrogen and oxygen atoms in total. The molecule has 0 fully saturated rings. The molecule has 3 aromatic rings. The van der Waals surface area contributed by atoms with E-state index in [0.29, 0.717) is 0 Å². The van der Waals surface area contributed by atoms with Crippen LogP contribution in [-0.4, -0.2) is 12.1 Å². The average Bonchev–Trinajstić information content (AvgIpc) is 2.56. The van der Waals surface area contributed by atoms with Gasteiger partial charge in [-0.1, -0.05) is 36.4 Å². The number of nitrogens with zero attached hydrogens (tertiary/aromatic N) is 1. The number of pyridine rings is 1. The second-order valence-corrected chi connectivity index (χ2v) is 4.62. The van der Waals surface area contributed by atoms with Gasteiger partial charge < -0.3 is 10.1 Å². The third-order valence-corrected chi connectivity index (χ3v) is 3.22. The molecular formula is C18H16N2O. The number of methoxy groups -OCH3 is 1. The molecule has 0 spiro atoms. The molecule has 0 aliphatic heterocycles. The summed E-state index contributed by atoms with van der Waals surface area (Å²) in [5.41, 5.74) is 3.14. The first kappa shape index (κ1) is 13.2. The van der Waals surface area contributed by atoms with E-state index in [-0.39, 0.29) is 0 Å². The molecule has 0 bridgehead atoms. The molecule has 0 radical (unpaired) electrons. The Hall–Kier alpha value is -2.81. The molecule has 1 heterocycles. The third-order valence-electron chi connectivity index (χ3n) is 3.22. The van der Waals surface area contributed by atoms with E-state index in [1.54, 1.807) is 13.3 Å². The molecule has 0 aliphatic carbocycles. The fourth-order valence-corrected chi connectivity index (χ4v) is 2.22. The highest BCUT2D eigenvalue weighted by atomic mass is 16.5. The van der Waals surface area contributed by atoms with Crippen molar-refractivity contribution < 1.29 is 4.74 Å². The highest BCUT2D eigenvalue weighted by molar-refractivity contribution is 5.73. The Labute approximate surface area is 124 Å². The summed E-state index contributed by atoms with van der Waals surface area (Å²) in [6.07, 6.45) is 1.80. The zero-order valence-corrected chi connectivity index (χ0v) is 11.8. The molecule has 2 aromatic carbocycles. The van der Waals surface area contributed by atoms with Crippen molar-refractivity contribution in [3.8, 4) is 16.9 Å². The van der Waals surface area contributed by atoms with Crippen molar-refractivity contribution in [2.24, 2.45) is 0 Å². The summed E-state index contributed by atoms with van der Waals surface area (Å²) < 4.78 is 5.42. The van der Waals surface area contributed by atoms with Gasteiger partial charge in [-0.05, 0) is 35.9 Å². The van der Waals surface area contributed by atoms with Crippen molar-refractivity contribution in [2.45, 2.75) is 0 Å². The van der Waals surface area contributed by atoms with Crippen LogP contribution < -0.4 is 10.1 Å². The van der Waals surface area contributed by atoms with Gasteiger partial charge in [-0.3, -0.25) is 0 Å². The van der Waals surface area contributed by atoms with E-state index in [4.69, 9.17) is 4.74 Å². The SMILES string of the molecule is COc1ccccc1-c1ccnc(Nc2ccccc2)c1. The molecule has 21 heavy (non-hydrogen) atoms. The molecule has 3 heteroatoms. The van der Waals surface area contributed by atoms with E-state index >= 15 is 0 Å². The van der Waals surface area contributed by atoms with Gasteiger partial charge in [-0.15, -0.1) is 0 Å². The fraction of sp³-hybridized carbons (Fsp3) is 0.0556. The lowest BCUT2D eigenvalue weighted by Gasteiger charge is -2.10. The Morgan fingerprint density at radius 1 is 0.905 bits per heavy atom. The molecule has 1 aromatic heterocycles. The number of hydrogen-bond acceptors (Lipinski definition) is 3.